The number of carbonyl (C=O) groups is 1. The highest BCUT2D eigenvalue weighted by Crippen LogP contribution is 2.40. The topological polar surface area (TPSA) is 58.6 Å². The summed E-state index contributed by atoms with van der Waals surface area (Å²) in [5, 5.41) is 12.7. The average Bonchev–Trinajstić information content (AvgIpc) is 2.82. The number of carboxylic acid groups (broad SMARTS) is 1. The van der Waals surface area contributed by atoms with Crippen molar-refractivity contribution in [1.29, 1.82) is 0 Å². The Morgan fingerprint density at radius 3 is 2.26 bits per heavy atom. The fourth-order valence-corrected chi connectivity index (χ4v) is 3.87. The molecule has 0 saturated carbocycles. The zero-order valence-electron chi connectivity index (χ0n) is 19.1. The molecule has 0 unspecified atom stereocenters. The standard InChI is InChI=1S/C15H17N.C12H8ClF3O3/c1-13(15-10-6-3-7-11-15)16-12-14-8-4-2-5-9-14;1-5-2-7(13)3-6-4-8(11(17)18)10(12(14,15)16)19-9(5)6/h2-11,13,16H,12H2,1H3;2-4,10H,1H3,(H,17,18)/t13-;10-/m10/s1. The summed E-state index contributed by atoms with van der Waals surface area (Å²) in [6.07, 6.45) is -6.33. The summed E-state index contributed by atoms with van der Waals surface area (Å²) < 4.78 is 43.2. The lowest BCUT2D eigenvalue weighted by Crippen LogP contribution is -2.40. The first-order valence-electron chi connectivity index (χ1n) is 10.9. The number of rotatable bonds is 5. The lowest BCUT2D eigenvalue weighted by Gasteiger charge is -2.28. The van der Waals surface area contributed by atoms with Gasteiger partial charge < -0.3 is 15.2 Å². The van der Waals surface area contributed by atoms with Crippen molar-refractivity contribution in [2.45, 2.75) is 38.7 Å². The van der Waals surface area contributed by atoms with Gasteiger partial charge in [0.25, 0.3) is 0 Å². The molecule has 1 aliphatic heterocycles. The molecule has 0 fully saturated rings. The van der Waals surface area contributed by atoms with Crippen molar-refractivity contribution in [3.8, 4) is 5.75 Å². The highest BCUT2D eigenvalue weighted by molar-refractivity contribution is 6.30. The number of hydrogen-bond acceptors (Lipinski definition) is 3. The van der Waals surface area contributed by atoms with Crippen molar-refractivity contribution >= 4 is 23.6 Å². The summed E-state index contributed by atoms with van der Waals surface area (Å²) in [5.74, 6) is -1.68. The van der Waals surface area contributed by atoms with Crippen LogP contribution in [0.1, 0.15) is 35.2 Å². The molecule has 0 saturated heterocycles. The SMILES string of the molecule is C[C@@H](NCc1ccccc1)c1ccccc1.Cc1cc(Cl)cc2c1O[C@H](C(F)(F)F)C(C(=O)O)=C2. The summed E-state index contributed by atoms with van der Waals surface area (Å²) in [6.45, 7) is 4.65. The van der Waals surface area contributed by atoms with Crippen molar-refractivity contribution in [3.05, 3.63) is 106 Å². The van der Waals surface area contributed by atoms with Crippen LogP contribution in [0, 0.1) is 6.92 Å². The van der Waals surface area contributed by atoms with Crippen LogP contribution in [0.15, 0.2) is 78.4 Å². The van der Waals surface area contributed by atoms with Gasteiger partial charge in [0.1, 0.15) is 5.75 Å². The van der Waals surface area contributed by atoms with Gasteiger partial charge >= 0.3 is 12.1 Å². The Morgan fingerprint density at radius 1 is 1.09 bits per heavy atom. The zero-order valence-corrected chi connectivity index (χ0v) is 19.9. The van der Waals surface area contributed by atoms with Gasteiger partial charge in [0.15, 0.2) is 0 Å². The number of nitrogens with one attached hydrogen (secondary N) is 1. The first kappa shape index (κ1) is 26.3. The maximum Gasteiger partial charge on any atom is 0.430 e. The minimum atomic E-state index is -4.80. The maximum atomic E-state index is 12.8. The highest BCUT2D eigenvalue weighted by atomic mass is 35.5. The van der Waals surface area contributed by atoms with Crippen LogP contribution in [-0.2, 0) is 11.3 Å². The van der Waals surface area contributed by atoms with E-state index in [2.05, 4.69) is 60.8 Å². The average molecular weight is 504 g/mol. The van der Waals surface area contributed by atoms with E-state index in [9.17, 15) is 18.0 Å². The Kier molecular flexibility index (Phi) is 8.59. The first-order valence-corrected chi connectivity index (χ1v) is 11.2. The molecular formula is C27H25ClF3NO3. The Labute approximate surface area is 207 Å². The molecule has 8 heteroatoms. The minimum Gasteiger partial charge on any atom is -0.478 e. The lowest BCUT2D eigenvalue weighted by molar-refractivity contribution is -0.187. The molecule has 0 radical (unpaired) electrons. The summed E-state index contributed by atoms with van der Waals surface area (Å²) in [5.41, 5.74) is 2.44. The van der Waals surface area contributed by atoms with E-state index in [0.717, 1.165) is 12.6 Å². The van der Waals surface area contributed by atoms with E-state index < -0.39 is 23.8 Å². The Hall–Kier alpha value is -3.29. The number of halogens is 4. The van der Waals surface area contributed by atoms with Crippen LogP contribution in [0.3, 0.4) is 0 Å². The number of hydrogen-bond donors (Lipinski definition) is 2. The Morgan fingerprint density at radius 2 is 1.69 bits per heavy atom. The van der Waals surface area contributed by atoms with E-state index >= 15 is 0 Å². The largest absolute Gasteiger partial charge is 0.478 e. The van der Waals surface area contributed by atoms with Crippen molar-refractivity contribution in [3.63, 3.8) is 0 Å². The highest BCUT2D eigenvalue weighted by Gasteiger charge is 2.48. The van der Waals surface area contributed by atoms with Gasteiger partial charge in [0, 0.05) is 23.2 Å². The molecular weight excluding hydrogens is 479 g/mol. The molecule has 0 aromatic heterocycles. The number of carboxylic acids is 1. The van der Waals surface area contributed by atoms with Crippen molar-refractivity contribution < 1.29 is 27.8 Å². The zero-order chi connectivity index (χ0) is 25.6. The monoisotopic (exact) mass is 503 g/mol. The molecule has 1 aliphatic rings. The number of ether oxygens (including phenoxy) is 1. The van der Waals surface area contributed by atoms with Crippen molar-refractivity contribution in [1.82, 2.24) is 5.32 Å². The van der Waals surface area contributed by atoms with E-state index in [4.69, 9.17) is 21.4 Å². The summed E-state index contributed by atoms with van der Waals surface area (Å²) in [6, 6.07) is 24.2. The van der Waals surface area contributed by atoms with Crippen LogP contribution < -0.4 is 10.1 Å². The molecule has 0 amide bonds. The van der Waals surface area contributed by atoms with Gasteiger partial charge in [-0.25, -0.2) is 4.79 Å². The molecule has 2 atom stereocenters. The van der Waals surface area contributed by atoms with E-state index in [-0.39, 0.29) is 11.3 Å². The fraction of sp³-hybridized carbons (Fsp3) is 0.222. The molecule has 4 nitrogen and oxygen atoms in total. The normalized spacial score (nSPS) is 15.6. The van der Waals surface area contributed by atoms with Gasteiger partial charge in [-0.05, 0) is 48.7 Å². The number of fused-ring (bicyclic) bond motifs is 1. The summed E-state index contributed by atoms with van der Waals surface area (Å²) in [4.78, 5) is 10.9. The quantitative estimate of drug-likeness (QED) is 0.394. The number of aliphatic carboxylic acids is 1. The summed E-state index contributed by atoms with van der Waals surface area (Å²) >= 11 is 5.78. The molecule has 4 rings (SSSR count). The summed E-state index contributed by atoms with van der Waals surface area (Å²) in [7, 11) is 0. The maximum absolute atomic E-state index is 12.8. The molecule has 3 aromatic rings. The van der Waals surface area contributed by atoms with E-state index in [1.54, 1.807) is 0 Å². The predicted octanol–water partition coefficient (Wildman–Crippen LogP) is 6.98. The van der Waals surface area contributed by atoms with Crippen LogP contribution in [0.4, 0.5) is 13.2 Å². The van der Waals surface area contributed by atoms with Gasteiger partial charge in [-0.2, -0.15) is 13.2 Å². The van der Waals surface area contributed by atoms with Crippen LogP contribution in [0.2, 0.25) is 5.02 Å². The third-order valence-corrected chi connectivity index (χ3v) is 5.61. The van der Waals surface area contributed by atoms with Gasteiger partial charge in [-0.3, -0.25) is 0 Å². The van der Waals surface area contributed by atoms with E-state index in [0.29, 0.717) is 16.6 Å². The van der Waals surface area contributed by atoms with Crippen LogP contribution in [-0.4, -0.2) is 23.4 Å². The Balaban J connectivity index is 0.000000198. The fourth-order valence-electron chi connectivity index (χ4n) is 3.59. The number of aryl methyl sites for hydroxylation is 1. The van der Waals surface area contributed by atoms with Gasteiger partial charge in [-0.15, -0.1) is 0 Å². The van der Waals surface area contributed by atoms with E-state index in [1.165, 1.54) is 30.2 Å². The van der Waals surface area contributed by atoms with Crippen LogP contribution in [0.5, 0.6) is 5.75 Å². The van der Waals surface area contributed by atoms with Crippen LogP contribution in [0.25, 0.3) is 6.08 Å². The second-order valence-electron chi connectivity index (χ2n) is 8.08. The van der Waals surface area contributed by atoms with Gasteiger partial charge in [-0.1, -0.05) is 72.3 Å². The number of alkyl halides is 3. The molecule has 184 valence electrons. The molecule has 0 spiro atoms. The molecule has 2 N–H and O–H groups in total. The smallest absolute Gasteiger partial charge is 0.430 e. The molecule has 35 heavy (non-hydrogen) atoms. The minimum absolute atomic E-state index is 0.00303. The lowest BCUT2D eigenvalue weighted by atomic mass is 9.99. The number of benzene rings is 3. The molecule has 1 heterocycles. The van der Waals surface area contributed by atoms with Gasteiger partial charge in [0.2, 0.25) is 6.10 Å². The second kappa shape index (κ2) is 11.4. The third kappa shape index (κ3) is 7.10. The second-order valence-corrected chi connectivity index (χ2v) is 8.52. The van der Waals surface area contributed by atoms with Gasteiger partial charge in [0.05, 0.1) is 5.57 Å². The van der Waals surface area contributed by atoms with E-state index in [1.807, 2.05) is 12.1 Å². The van der Waals surface area contributed by atoms with Crippen molar-refractivity contribution in [2.75, 3.05) is 0 Å². The predicted molar refractivity (Wildman–Crippen MR) is 130 cm³/mol. The molecule has 3 aromatic carbocycles. The van der Waals surface area contributed by atoms with Crippen molar-refractivity contribution in [2.24, 2.45) is 0 Å². The van der Waals surface area contributed by atoms with Crippen LogP contribution >= 0.6 is 11.6 Å². The third-order valence-electron chi connectivity index (χ3n) is 5.40. The Bertz CT molecular complexity index is 1180. The molecule has 0 bridgehead atoms. The first-order chi connectivity index (χ1) is 16.6. The molecule has 0 aliphatic carbocycles.